The first kappa shape index (κ1) is 21.9. The lowest BCUT2D eigenvalue weighted by Crippen LogP contribution is -2.33. The molecule has 2 rings (SSSR count). The Hall–Kier alpha value is -2.12. The number of carbonyl (C=O) groups is 2. The number of hydrogen-bond donors (Lipinski definition) is 3. The van der Waals surface area contributed by atoms with Crippen LogP contribution >= 0.6 is 0 Å². The minimum Gasteiger partial charge on any atom is -0.444 e. The molecule has 1 aromatic carbocycles. The van der Waals surface area contributed by atoms with Gasteiger partial charge in [-0.25, -0.2) is 4.79 Å². The quantitative estimate of drug-likeness (QED) is 0.532. The molecule has 7 nitrogen and oxygen atoms in total. The highest BCUT2D eigenvalue weighted by molar-refractivity contribution is 5.73. The average Bonchev–Trinajstić information content (AvgIpc) is 2.98. The van der Waals surface area contributed by atoms with Crippen molar-refractivity contribution < 1.29 is 19.4 Å². The topological polar surface area (TPSA) is 90.9 Å². The van der Waals surface area contributed by atoms with Crippen molar-refractivity contribution in [3.63, 3.8) is 0 Å². The number of ether oxygens (including phenoxy) is 1. The van der Waals surface area contributed by atoms with Crippen LogP contribution in [0.5, 0.6) is 0 Å². The van der Waals surface area contributed by atoms with Crippen LogP contribution in [-0.4, -0.2) is 48.3 Å². The predicted octanol–water partition coefficient (Wildman–Crippen LogP) is 2.48. The van der Waals surface area contributed by atoms with Gasteiger partial charge in [0.15, 0.2) is 0 Å². The number of benzene rings is 1. The first-order valence-corrected chi connectivity index (χ1v) is 8.86. The number of fused-ring (bicyclic) bond motifs is 1. The number of nitrogens with zero attached hydrogens (tertiary/aromatic N) is 1. The summed E-state index contributed by atoms with van der Waals surface area (Å²) in [4.78, 5) is 24.0. The van der Waals surface area contributed by atoms with E-state index in [1.165, 1.54) is 0 Å². The second kappa shape index (κ2) is 10.8. The maximum atomic E-state index is 12.0. The molecule has 146 valence electrons. The standard InChI is InChI=1S/C14H18N2O3.C5H13NO/c1-14(2,3)19-13(18)16-7-10-4-5-12(15-9-17)6-11(10)8-16;1-6-4-2-3-5-7/h4-6,9H,7-8H2,1-3H3,(H,15,17);6-7H,2-5H2,1H3. The number of carbonyl (C=O) groups excluding carboxylic acids is 2. The normalized spacial score (nSPS) is 12.7. The third kappa shape index (κ3) is 7.84. The number of rotatable bonds is 6. The Balaban J connectivity index is 0.000000412. The van der Waals surface area contributed by atoms with Crippen molar-refractivity contribution in [2.75, 3.05) is 25.5 Å². The highest BCUT2D eigenvalue weighted by atomic mass is 16.6. The van der Waals surface area contributed by atoms with Gasteiger partial charge in [0.25, 0.3) is 0 Å². The van der Waals surface area contributed by atoms with E-state index in [9.17, 15) is 9.59 Å². The first-order valence-electron chi connectivity index (χ1n) is 8.86. The van der Waals surface area contributed by atoms with Crippen LogP contribution in [0.2, 0.25) is 0 Å². The number of nitrogens with one attached hydrogen (secondary N) is 2. The number of anilines is 1. The molecule has 0 aliphatic carbocycles. The summed E-state index contributed by atoms with van der Waals surface area (Å²) in [6, 6.07) is 5.63. The van der Waals surface area contributed by atoms with Gasteiger partial charge in [-0.3, -0.25) is 9.69 Å². The van der Waals surface area contributed by atoms with E-state index in [0.717, 1.165) is 36.2 Å². The van der Waals surface area contributed by atoms with E-state index < -0.39 is 5.60 Å². The highest BCUT2D eigenvalue weighted by Crippen LogP contribution is 2.26. The van der Waals surface area contributed by atoms with Gasteiger partial charge in [0.2, 0.25) is 6.41 Å². The molecular weight excluding hydrogens is 334 g/mol. The van der Waals surface area contributed by atoms with Crippen LogP contribution in [0.3, 0.4) is 0 Å². The van der Waals surface area contributed by atoms with Gasteiger partial charge < -0.3 is 20.5 Å². The lowest BCUT2D eigenvalue weighted by Gasteiger charge is -2.24. The largest absolute Gasteiger partial charge is 0.444 e. The first-order chi connectivity index (χ1) is 12.3. The Kier molecular flexibility index (Phi) is 9.09. The fourth-order valence-electron chi connectivity index (χ4n) is 2.42. The molecule has 0 unspecified atom stereocenters. The highest BCUT2D eigenvalue weighted by Gasteiger charge is 2.27. The van der Waals surface area contributed by atoms with Gasteiger partial charge in [-0.2, -0.15) is 0 Å². The van der Waals surface area contributed by atoms with Crippen molar-refractivity contribution in [3.8, 4) is 0 Å². The van der Waals surface area contributed by atoms with E-state index in [0.29, 0.717) is 26.1 Å². The molecule has 2 amide bonds. The Labute approximate surface area is 155 Å². The van der Waals surface area contributed by atoms with E-state index in [2.05, 4.69) is 10.6 Å². The fourth-order valence-corrected chi connectivity index (χ4v) is 2.42. The molecule has 0 atom stereocenters. The number of aliphatic hydroxyl groups excluding tert-OH is 1. The molecule has 0 saturated carbocycles. The molecule has 7 heteroatoms. The number of amides is 2. The fraction of sp³-hybridized carbons (Fsp3) is 0.579. The van der Waals surface area contributed by atoms with Crippen molar-refractivity contribution in [1.82, 2.24) is 10.2 Å². The van der Waals surface area contributed by atoms with E-state index in [4.69, 9.17) is 9.84 Å². The summed E-state index contributed by atoms with van der Waals surface area (Å²) >= 11 is 0. The van der Waals surface area contributed by atoms with Crippen molar-refractivity contribution in [2.24, 2.45) is 0 Å². The van der Waals surface area contributed by atoms with Gasteiger partial charge in [0.05, 0.1) is 0 Å². The van der Waals surface area contributed by atoms with E-state index in [-0.39, 0.29) is 6.09 Å². The SMILES string of the molecule is CC(C)(C)OC(=O)N1Cc2ccc(NC=O)cc2C1.CNCCCCO. The molecule has 0 saturated heterocycles. The van der Waals surface area contributed by atoms with E-state index >= 15 is 0 Å². The summed E-state index contributed by atoms with van der Waals surface area (Å²) in [5.41, 5.74) is 2.37. The molecule has 0 spiro atoms. The summed E-state index contributed by atoms with van der Waals surface area (Å²) < 4.78 is 5.35. The molecule has 1 aromatic rings. The van der Waals surface area contributed by atoms with Crippen LogP contribution in [0.1, 0.15) is 44.7 Å². The smallest absolute Gasteiger partial charge is 0.410 e. The number of aliphatic hydroxyl groups is 1. The van der Waals surface area contributed by atoms with Crippen LogP contribution < -0.4 is 10.6 Å². The summed E-state index contributed by atoms with van der Waals surface area (Å²) in [5.74, 6) is 0. The van der Waals surface area contributed by atoms with Crippen LogP contribution in [0, 0.1) is 0 Å². The Bertz CT molecular complexity index is 581. The maximum absolute atomic E-state index is 12.0. The molecule has 26 heavy (non-hydrogen) atoms. The predicted molar refractivity (Wildman–Crippen MR) is 102 cm³/mol. The monoisotopic (exact) mass is 365 g/mol. The minimum atomic E-state index is -0.490. The Morgan fingerprint density at radius 2 is 1.96 bits per heavy atom. The van der Waals surface area contributed by atoms with Crippen molar-refractivity contribution >= 4 is 18.2 Å². The van der Waals surface area contributed by atoms with E-state index in [1.54, 1.807) is 4.90 Å². The molecule has 0 aromatic heterocycles. The minimum absolute atomic E-state index is 0.311. The number of hydrogen-bond acceptors (Lipinski definition) is 5. The van der Waals surface area contributed by atoms with Crippen LogP contribution in [0.4, 0.5) is 10.5 Å². The van der Waals surface area contributed by atoms with Gasteiger partial charge in [-0.15, -0.1) is 0 Å². The third-order valence-corrected chi connectivity index (χ3v) is 3.64. The second-order valence-corrected chi connectivity index (χ2v) is 7.12. The van der Waals surface area contributed by atoms with Crippen molar-refractivity contribution in [1.29, 1.82) is 0 Å². The van der Waals surface area contributed by atoms with Gasteiger partial charge >= 0.3 is 6.09 Å². The molecule has 1 heterocycles. The molecule has 1 aliphatic heterocycles. The van der Waals surface area contributed by atoms with Gasteiger partial charge in [-0.1, -0.05) is 6.07 Å². The molecule has 1 aliphatic rings. The van der Waals surface area contributed by atoms with Crippen molar-refractivity contribution in [3.05, 3.63) is 29.3 Å². The molecule has 3 N–H and O–H groups in total. The van der Waals surface area contributed by atoms with Gasteiger partial charge in [0.1, 0.15) is 5.60 Å². The van der Waals surface area contributed by atoms with Gasteiger partial charge in [-0.05, 0) is 70.5 Å². The average molecular weight is 365 g/mol. The zero-order valence-corrected chi connectivity index (χ0v) is 16.2. The molecule has 0 radical (unpaired) electrons. The molecule has 0 bridgehead atoms. The summed E-state index contributed by atoms with van der Waals surface area (Å²) in [7, 11) is 1.91. The van der Waals surface area contributed by atoms with Crippen LogP contribution in [0.15, 0.2) is 18.2 Å². The molecule has 0 fully saturated rings. The third-order valence-electron chi connectivity index (χ3n) is 3.64. The zero-order chi connectivity index (χ0) is 19.6. The van der Waals surface area contributed by atoms with Gasteiger partial charge in [0, 0.05) is 25.4 Å². The lowest BCUT2D eigenvalue weighted by atomic mass is 10.1. The van der Waals surface area contributed by atoms with Crippen molar-refractivity contribution in [2.45, 2.75) is 52.3 Å². The maximum Gasteiger partial charge on any atom is 0.410 e. The number of unbranched alkanes of at least 4 members (excludes halogenated alkanes) is 1. The van der Waals surface area contributed by atoms with Crippen LogP contribution in [0.25, 0.3) is 0 Å². The summed E-state index contributed by atoms with van der Waals surface area (Å²) in [5, 5.41) is 13.9. The second-order valence-electron chi connectivity index (χ2n) is 7.12. The van der Waals surface area contributed by atoms with Crippen LogP contribution in [-0.2, 0) is 22.6 Å². The Morgan fingerprint density at radius 3 is 2.54 bits per heavy atom. The summed E-state index contributed by atoms with van der Waals surface area (Å²) in [6.07, 6.45) is 2.32. The zero-order valence-electron chi connectivity index (χ0n) is 16.2. The Morgan fingerprint density at radius 1 is 1.27 bits per heavy atom. The lowest BCUT2D eigenvalue weighted by molar-refractivity contribution is -0.105. The summed E-state index contributed by atoms with van der Waals surface area (Å²) in [6.45, 7) is 7.94. The molecular formula is C19H31N3O4. The van der Waals surface area contributed by atoms with E-state index in [1.807, 2.05) is 46.0 Å².